The fourth-order valence-corrected chi connectivity index (χ4v) is 2.62. The van der Waals surface area contributed by atoms with E-state index in [-0.39, 0.29) is 26.9 Å². The molecule has 0 aromatic heterocycles. The number of nitrogens with one attached hydrogen (secondary N) is 1. The quantitative estimate of drug-likeness (QED) is 0.801. The van der Waals surface area contributed by atoms with Crippen LogP contribution < -0.4 is 15.2 Å². The standard InChI is InChI=1S/C14H11ClF2N2O4S/c1-23-13-3-2-7(24(18,21)22)4-12(13)19-14(20)8-5-10(16)11(17)6-9(8)15/h2-6H,1H3,(H,19,20)(H2,18,21,22). The van der Waals surface area contributed by atoms with Crippen molar-refractivity contribution < 1.29 is 26.7 Å². The number of hydrogen-bond acceptors (Lipinski definition) is 4. The zero-order valence-corrected chi connectivity index (χ0v) is 13.7. The van der Waals surface area contributed by atoms with Crippen LogP contribution in [0.2, 0.25) is 5.02 Å². The van der Waals surface area contributed by atoms with E-state index < -0.39 is 27.6 Å². The molecule has 0 radical (unpaired) electrons. The molecule has 0 aliphatic heterocycles. The van der Waals surface area contributed by atoms with Gasteiger partial charge in [0.1, 0.15) is 5.75 Å². The van der Waals surface area contributed by atoms with Gasteiger partial charge in [-0.05, 0) is 30.3 Å². The van der Waals surface area contributed by atoms with Gasteiger partial charge in [0.15, 0.2) is 11.6 Å². The predicted molar refractivity (Wildman–Crippen MR) is 83.7 cm³/mol. The Morgan fingerprint density at radius 3 is 2.42 bits per heavy atom. The van der Waals surface area contributed by atoms with E-state index in [2.05, 4.69) is 5.32 Å². The van der Waals surface area contributed by atoms with E-state index in [1.165, 1.54) is 19.2 Å². The number of amides is 1. The Kier molecular flexibility index (Phi) is 5.07. The molecule has 1 amide bonds. The summed E-state index contributed by atoms with van der Waals surface area (Å²) in [7, 11) is -2.72. The lowest BCUT2D eigenvalue weighted by molar-refractivity contribution is 0.102. The largest absolute Gasteiger partial charge is 0.495 e. The molecule has 24 heavy (non-hydrogen) atoms. The van der Waals surface area contributed by atoms with E-state index in [0.717, 1.165) is 6.07 Å². The first-order valence-corrected chi connectivity index (χ1v) is 8.22. The second-order valence-electron chi connectivity index (χ2n) is 4.61. The summed E-state index contributed by atoms with van der Waals surface area (Å²) >= 11 is 5.73. The van der Waals surface area contributed by atoms with Crippen molar-refractivity contribution in [1.29, 1.82) is 0 Å². The summed E-state index contributed by atoms with van der Waals surface area (Å²) in [5, 5.41) is 7.03. The van der Waals surface area contributed by atoms with Gasteiger partial charge < -0.3 is 10.1 Å². The van der Waals surface area contributed by atoms with Crippen molar-refractivity contribution in [2.45, 2.75) is 4.90 Å². The van der Waals surface area contributed by atoms with Gasteiger partial charge in [-0.3, -0.25) is 4.79 Å². The molecular formula is C14H11ClF2N2O4S. The van der Waals surface area contributed by atoms with Crippen LogP contribution in [-0.2, 0) is 10.0 Å². The minimum absolute atomic E-state index is 0.0326. The van der Waals surface area contributed by atoms with Crippen molar-refractivity contribution in [2.24, 2.45) is 5.14 Å². The highest BCUT2D eigenvalue weighted by molar-refractivity contribution is 7.89. The van der Waals surface area contributed by atoms with Gasteiger partial charge in [-0.1, -0.05) is 11.6 Å². The number of rotatable bonds is 4. The SMILES string of the molecule is COc1ccc(S(N)(=O)=O)cc1NC(=O)c1cc(F)c(F)cc1Cl. The number of sulfonamides is 1. The van der Waals surface area contributed by atoms with Crippen LogP contribution >= 0.6 is 11.6 Å². The van der Waals surface area contributed by atoms with Crippen molar-refractivity contribution in [2.75, 3.05) is 12.4 Å². The lowest BCUT2D eigenvalue weighted by Crippen LogP contribution is -2.16. The number of methoxy groups -OCH3 is 1. The number of halogens is 3. The van der Waals surface area contributed by atoms with Gasteiger partial charge in [-0.15, -0.1) is 0 Å². The van der Waals surface area contributed by atoms with Gasteiger partial charge in [0.05, 0.1) is 28.3 Å². The van der Waals surface area contributed by atoms with Gasteiger partial charge in [0.2, 0.25) is 10.0 Å². The third-order valence-electron chi connectivity index (χ3n) is 3.00. The molecule has 0 aliphatic carbocycles. The highest BCUT2D eigenvalue weighted by Gasteiger charge is 2.18. The van der Waals surface area contributed by atoms with E-state index in [0.29, 0.717) is 12.1 Å². The second kappa shape index (κ2) is 6.71. The van der Waals surface area contributed by atoms with Gasteiger partial charge in [-0.25, -0.2) is 22.3 Å². The predicted octanol–water partition coefficient (Wildman–Crippen LogP) is 2.53. The number of nitrogens with two attached hydrogens (primary N) is 1. The lowest BCUT2D eigenvalue weighted by atomic mass is 10.2. The molecule has 10 heteroatoms. The lowest BCUT2D eigenvalue weighted by Gasteiger charge is -2.12. The summed E-state index contributed by atoms with van der Waals surface area (Å²) in [5.74, 6) is -3.21. The van der Waals surface area contributed by atoms with Crippen LogP contribution in [0.25, 0.3) is 0 Å². The summed E-state index contributed by atoms with van der Waals surface area (Å²) in [6.45, 7) is 0. The van der Waals surface area contributed by atoms with Crippen molar-refractivity contribution >= 4 is 33.2 Å². The number of carbonyl (C=O) groups excluding carboxylic acids is 1. The Labute approximate surface area is 141 Å². The Morgan fingerprint density at radius 1 is 1.21 bits per heavy atom. The molecular weight excluding hydrogens is 366 g/mol. The summed E-state index contributed by atoms with van der Waals surface area (Å²) < 4.78 is 54.1. The van der Waals surface area contributed by atoms with Crippen LogP contribution in [0, 0.1) is 11.6 Å². The van der Waals surface area contributed by atoms with E-state index in [1.54, 1.807) is 0 Å². The van der Waals surface area contributed by atoms with Gasteiger partial charge in [0.25, 0.3) is 5.91 Å². The third-order valence-corrected chi connectivity index (χ3v) is 4.23. The van der Waals surface area contributed by atoms with Crippen LogP contribution in [0.5, 0.6) is 5.75 Å². The maximum atomic E-state index is 13.3. The number of primary sulfonamides is 1. The van der Waals surface area contributed by atoms with E-state index in [1.807, 2.05) is 0 Å². The number of hydrogen-bond donors (Lipinski definition) is 2. The molecule has 2 aromatic carbocycles. The van der Waals surface area contributed by atoms with Crippen molar-refractivity contribution in [3.63, 3.8) is 0 Å². The number of anilines is 1. The third kappa shape index (κ3) is 3.81. The average Bonchev–Trinajstić information content (AvgIpc) is 2.49. The highest BCUT2D eigenvalue weighted by atomic mass is 35.5. The van der Waals surface area contributed by atoms with Gasteiger partial charge in [-0.2, -0.15) is 0 Å². The molecule has 0 heterocycles. The average molecular weight is 377 g/mol. The minimum atomic E-state index is -4.01. The fraction of sp³-hybridized carbons (Fsp3) is 0.0714. The molecule has 128 valence electrons. The van der Waals surface area contributed by atoms with Crippen molar-refractivity contribution in [3.05, 3.63) is 52.6 Å². The highest BCUT2D eigenvalue weighted by Crippen LogP contribution is 2.28. The molecule has 0 unspecified atom stereocenters. The Morgan fingerprint density at radius 2 is 1.83 bits per heavy atom. The summed E-state index contributed by atoms with van der Waals surface area (Å²) in [5.41, 5.74) is -0.367. The van der Waals surface area contributed by atoms with Crippen LogP contribution in [-0.4, -0.2) is 21.4 Å². The molecule has 0 bridgehead atoms. The Hall–Kier alpha value is -2.23. The van der Waals surface area contributed by atoms with Crippen LogP contribution in [0.3, 0.4) is 0 Å². The Balaban J connectivity index is 2.43. The fourth-order valence-electron chi connectivity index (χ4n) is 1.85. The smallest absolute Gasteiger partial charge is 0.257 e. The molecule has 0 aliphatic rings. The molecule has 0 fully saturated rings. The molecule has 2 rings (SSSR count). The molecule has 2 aromatic rings. The van der Waals surface area contributed by atoms with Crippen LogP contribution in [0.4, 0.5) is 14.5 Å². The molecule has 3 N–H and O–H groups in total. The monoisotopic (exact) mass is 376 g/mol. The van der Waals surface area contributed by atoms with Crippen LogP contribution in [0.1, 0.15) is 10.4 Å². The van der Waals surface area contributed by atoms with E-state index in [4.69, 9.17) is 21.5 Å². The normalized spacial score (nSPS) is 11.2. The molecule has 0 atom stereocenters. The molecule has 0 saturated carbocycles. The zero-order valence-electron chi connectivity index (χ0n) is 12.1. The first-order valence-electron chi connectivity index (χ1n) is 6.30. The molecule has 6 nitrogen and oxygen atoms in total. The zero-order chi connectivity index (χ0) is 18.1. The van der Waals surface area contributed by atoms with Crippen LogP contribution in [0.15, 0.2) is 35.2 Å². The van der Waals surface area contributed by atoms with E-state index in [9.17, 15) is 22.0 Å². The summed E-state index contributed by atoms with van der Waals surface area (Å²) in [4.78, 5) is 11.9. The van der Waals surface area contributed by atoms with E-state index >= 15 is 0 Å². The Bertz CT molecular complexity index is 919. The number of benzene rings is 2. The molecule has 0 saturated heterocycles. The van der Waals surface area contributed by atoms with Crippen molar-refractivity contribution in [1.82, 2.24) is 0 Å². The van der Waals surface area contributed by atoms with Gasteiger partial charge in [0, 0.05) is 0 Å². The number of ether oxygens (including phenoxy) is 1. The minimum Gasteiger partial charge on any atom is -0.495 e. The molecule has 0 spiro atoms. The topological polar surface area (TPSA) is 98.5 Å². The summed E-state index contributed by atoms with van der Waals surface area (Å²) in [6.07, 6.45) is 0. The maximum absolute atomic E-state index is 13.3. The summed E-state index contributed by atoms with van der Waals surface area (Å²) in [6, 6.07) is 4.82. The first-order chi connectivity index (χ1) is 11.1. The first kappa shape index (κ1) is 18.1. The van der Waals surface area contributed by atoms with Crippen molar-refractivity contribution in [3.8, 4) is 5.75 Å². The van der Waals surface area contributed by atoms with Gasteiger partial charge >= 0.3 is 0 Å². The number of carbonyl (C=O) groups is 1. The maximum Gasteiger partial charge on any atom is 0.257 e. The second-order valence-corrected chi connectivity index (χ2v) is 6.58.